The molecular weight excluding hydrogens is 925 g/mol. The molecule has 6 rings (SSSR count). The van der Waals surface area contributed by atoms with E-state index in [4.69, 9.17) is 0 Å². The fourth-order valence-corrected chi connectivity index (χ4v) is 7.16. The normalized spacial score (nSPS) is 17.5. The second-order valence-electron chi connectivity index (χ2n) is 28.6. The number of rotatable bonds is 4. The third kappa shape index (κ3) is 133. The molecule has 6 fully saturated rings. The molecule has 0 aromatic rings. The molecule has 6 aliphatic carbocycles. The first-order valence-corrected chi connectivity index (χ1v) is 35.9. The fraction of sp³-hybridized carbons (Fsp3) is 1.00. The summed E-state index contributed by atoms with van der Waals surface area (Å²) >= 11 is 0. The minimum Gasteiger partial charge on any atom is -0.0683 e. The van der Waals surface area contributed by atoms with Gasteiger partial charge in [0.1, 0.15) is 0 Å². The largest absolute Gasteiger partial charge is 0.0683 e. The minimum absolute atomic E-state index is 0.500. The van der Waals surface area contributed by atoms with Crippen molar-refractivity contribution in [3.63, 3.8) is 0 Å². The monoisotopic (exact) mass is 1100 g/mol. The van der Waals surface area contributed by atoms with Crippen LogP contribution in [-0.4, -0.2) is 0 Å². The SMILES string of the molecule is CC.CC.CC.CC.CC(C)(C)C.CC(C)C.CC1CC1.CC1CCC(C)(C)CC1.CC1CCCC1.CC1CCCCC1.CCC.CCC(C)(C)C.CCC(C)C.CCC(C)C.CCC1CCCC1.CCC1CCCCC1. The van der Waals surface area contributed by atoms with Crippen LogP contribution in [0.4, 0.5) is 0 Å². The molecule has 0 aliphatic heterocycles. The Bertz CT molecular complexity index is 851. The lowest BCUT2D eigenvalue weighted by atomic mass is 9.74. The van der Waals surface area contributed by atoms with E-state index < -0.39 is 0 Å². The second kappa shape index (κ2) is 76.0. The number of hydrogen-bond acceptors (Lipinski definition) is 0. The van der Waals surface area contributed by atoms with Gasteiger partial charge < -0.3 is 0 Å². The van der Waals surface area contributed by atoms with Gasteiger partial charge in [-0.05, 0) is 82.3 Å². The van der Waals surface area contributed by atoms with Gasteiger partial charge in [-0.2, -0.15) is 0 Å². The van der Waals surface area contributed by atoms with Gasteiger partial charge in [0.2, 0.25) is 0 Å². The first-order valence-electron chi connectivity index (χ1n) is 35.9. The van der Waals surface area contributed by atoms with E-state index in [2.05, 4.69) is 187 Å². The minimum atomic E-state index is 0.500. The van der Waals surface area contributed by atoms with Crippen LogP contribution in [0.3, 0.4) is 0 Å². The van der Waals surface area contributed by atoms with Gasteiger partial charge in [-0.15, -0.1) is 0 Å². The Morgan fingerprint density at radius 1 is 0.351 bits per heavy atom. The highest BCUT2D eigenvalue weighted by Gasteiger charge is 2.24. The highest BCUT2D eigenvalue weighted by atomic mass is 14.3. The molecule has 0 amide bonds. The van der Waals surface area contributed by atoms with Crippen molar-refractivity contribution in [2.75, 3.05) is 0 Å². The Kier molecular flexibility index (Phi) is 97.8. The molecule has 0 bridgehead atoms. The molecule has 0 aromatic carbocycles. The van der Waals surface area contributed by atoms with Crippen LogP contribution in [0.25, 0.3) is 0 Å². The zero-order chi connectivity index (χ0) is 62.9. The van der Waals surface area contributed by atoms with Crippen molar-refractivity contribution in [1.29, 1.82) is 0 Å². The quantitative estimate of drug-likeness (QED) is 0.263. The molecule has 6 saturated carbocycles. The lowest BCUT2D eigenvalue weighted by molar-refractivity contribution is 0.201. The highest BCUT2D eigenvalue weighted by molar-refractivity contribution is 4.76. The Labute approximate surface area is 502 Å². The summed E-state index contributed by atoms with van der Waals surface area (Å²) < 4.78 is 0. The molecule has 0 saturated heterocycles. The third-order valence-corrected chi connectivity index (χ3v) is 14.1. The zero-order valence-corrected chi connectivity index (χ0v) is 62.9. The summed E-state index contributed by atoms with van der Waals surface area (Å²) in [5.41, 5.74) is 1.70. The van der Waals surface area contributed by atoms with Gasteiger partial charge in [-0.3, -0.25) is 0 Å². The van der Waals surface area contributed by atoms with Gasteiger partial charge in [0.25, 0.3) is 0 Å². The molecule has 77 heavy (non-hydrogen) atoms. The van der Waals surface area contributed by atoms with Gasteiger partial charge in [0.15, 0.2) is 0 Å². The predicted molar refractivity (Wildman–Crippen MR) is 376 cm³/mol. The van der Waals surface area contributed by atoms with E-state index in [1.54, 1.807) is 0 Å². The van der Waals surface area contributed by atoms with E-state index in [0.717, 1.165) is 53.3 Å². The Hall–Kier alpha value is 0. The van der Waals surface area contributed by atoms with Crippen molar-refractivity contribution in [3.05, 3.63) is 0 Å². The van der Waals surface area contributed by atoms with E-state index in [0.29, 0.717) is 16.2 Å². The van der Waals surface area contributed by atoms with Gasteiger partial charge >= 0.3 is 0 Å². The van der Waals surface area contributed by atoms with Crippen LogP contribution in [0.15, 0.2) is 0 Å². The first kappa shape index (κ1) is 99.1. The van der Waals surface area contributed by atoms with E-state index in [9.17, 15) is 0 Å². The predicted octanol–water partition coefficient (Wildman–Crippen LogP) is 30.8. The molecule has 0 aromatic heterocycles. The third-order valence-electron chi connectivity index (χ3n) is 14.1. The van der Waals surface area contributed by atoms with Crippen LogP contribution in [0.5, 0.6) is 0 Å². The van der Waals surface area contributed by atoms with Gasteiger partial charge in [0, 0.05) is 0 Å². The first-order chi connectivity index (χ1) is 35.9. The summed E-state index contributed by atoms with van der Waals surface area (Å²) in [5, 5.41) is 0. The molecule has 0 heteroatoms. The molecule has 0 radical (unpaired) electrons. The molecule has 0 N–H and O–H groups in total. The second-order valence-corrected chi connectivity index (χ2v) is 28.6. The summed E-state index contributed by atoms with van der Waals surface area (Å²) in [6.45, 7) is 76.5. The zero-order valence-electron chi connectivity index (χ0n) is 62.9. The van der Waals surface area contributed by atoms with Crippen LogP contribution in [0.2, 0.25) is 0 Å². The molecule has 0 unspecified atom stereocenters. The Balaban J connectivity index is -0.0000000792. The molecule has 6 aliphatic rings. The topological polar surface area (TPSA) is 0 Å². The lowest BCUT2D eigenvalue weighted by Gasteiger charge is -2.32. The maximum atomic E-state index is 2.39. The van der Waals surface area contributed by atoms with Gasteiger partial charge in [-0.1, -0.05) is 422 Å². The Morgan fingerprint density at radius 3 is 0.623 bits per heavy atom. The fourth-order valence-electron chi connectivity index (χ4n) is 7.16. The smallest absolute Gasteiger partial charge is 0.0354 e. The van der Waals surface area contributed by atoms with E-state index in [1.807, 2.05) is 55.4 Å². The summed E-state index contributed by atoms with van der Waals surface area (Å²) in [7, 11) is 0. The van der Waals surface area contributed by atoms with E-state index >= 15 is 0 Å². The number of hydrogen-bond donors (Lipinski definition) is 0. The maximum Gasteiger partial charge on any atom is -0.0354 e. The van der Waals surface area contributed by atoms with Crippen LogP contribution < -0.4 is 0 Å². The van der Waals surface area contributed by atoms with Crippen molar-refractivity contribution in [3.8, 4) is 0 Å². The standard InChI is InChI=1S/C9H18.C8H16.2C7H14.C6H12.C6H14.3C5H12.C4H8.C4H10.C3H8.4C2H6/c1-8-4-6-9(2,3)7-5-8;1-2-8-6-4-3-5-7-8;1-7-5-3-2-4-6-7;1-2-7-5-3-4-6-7;1-6-4-2-3-5-6;1-5-6(2,3)4;1-5(2,3)4;2*1-4-5(2)3;1-4-2-3-4;1-4(2)3;1-3-2;4*1-2/h8H,4-7H2,1-3H3;8H,2-7H2,1H3;2*7H,2-6H2,1H3;6H,2-5H2,1H3;5H2,1-4H3;1-4H3;2*5H,4H2,1-3H3;4H,2-3H2,1H3;4H,1-3H3;3H2,1-2H3;4*1-2H3. The van der Waals surface area contributed by atoms with E-state index in [1.165, 1.54) is 193 Å². The van der Waals surface area contributed by atoms with Crippen molar-refractivity contribution in [2.45, 2.75) is 435 Å². The average molecular weight is 1100 g/mol. The average Bonchev–Trinajstić information content (AvgIpc) is 3.73. The van der Waals surface area contributed by atoms with Crippen LogP contribution in [0, 0.1) is 69.5 Å². The molecule has 0 spiro atoms. The summed E-state index contributed by atoms with van der Waals surface area (Å²) in [6.07, 6.45) is 43.6. The summed E-state index contributed by atoms with van der Waals surface area (Å²) in [4.78, 5) is 0. The van der Waals surface area contributed by atoms with Crippen molar-refractivity contribution < 1.29 is 0 Å². The molecule has 482 valence electrons. The molecule has 0 atom stereocenters. The summed E-state index contributed by atoms with van der Waals surface area (Å²) in [5.74, 6) is 8.95. The van der Waals surface area contributed by atoms with Crippen LogP contribution in [-0.2, 0) is 0 Å². The van der Waals surface area contributed by atoms with Crippen molar-refractivity contribution in [1.82, 2.24) is 0 Å². The van der Waals surface area contributed by atoms with E-state index in [-0.39, 0.29) is 0 Å². The Morgan fingerprint density at radius 2 is 0.519 bits per heavy atom. The molecular formula is C77H174. The van der Waals surface area contributed by atoms with Crippen molar-refractivity contribution in [2.24, 2.45) is 69.5 Å². The van der Waals surface area contributed by atoms with Crippen LogP contribution in [0.1, 0.15) is 435 Å². The van der Waals surface area contributed by atoms with Crippen LogP contribution >= 0.6 is 0 Å². The van der Waals surface area contributed by atoms with Crippen molar-refractivity contribution >= 4 is 0 Å². The van der Waals surface area contributed by atoms with Gasteiger partial charge in [0.05, 0.1) is 0 Å². The maximum absolute atomic E-state index is 2.39. The lowest BCUT2D eigenvalue weighted by Crippen LogP contribution is -2.19. The molecule has 0 nitrogen and oxygen atoms in total. The summed E-state index contributed by atoms with van der Waals surface area (Å²) in [6, 6.07) is 0. The molecule has 0 heterocycles. The van der Waals surface area contributed by atoms with Gasteiger partial charge in [-0.25, -0.2) is 0 Å². The highest BCUT2D eigenvalue weighted by Crippen LogP contribution is 2.37.